The zero-order valence-corrected chi connectivity index (χ0v) is 12.1. The van der Waals surface area contributed by atoms with Gasteiger partial charge in [0.15, 0.2) is 0 Å². The van der Waals surface area contributed by atoms with E-state index in [0.29, 0.717) is 15.7 Å². The fraction of sp³-hybridized carbons (Fsp3) is 0.133. The first-order valence-electron chi connectivity index (χ1n) is 6.22. The van der Waals surface area contributed by atoms with Crippen LogP contribution in [0, 0.1) is 5.82 Å². The largest absolute Gasteiger partial charge is 0.322 e. The Morgan fingerprint density at radius 1 is 1.15 bits per heavy atom. The predicted octanol–water partition coefficient (Wildman–Crippen LogP) is 3.44. The van der Waals surface area contributed by atoms with Gasteiger partial charge in [-0.15, -0.1) is 0 Å². The summed E-state index contributed by atoms with van der Waals surface area (Å²) in [5.41, 5.74) is 3.38. The minimum Gasteiger partial charge on any atom is -0.322 e. The van der Waals surface area contributed by atoms with Crippen LogP contribution in [0.2, 0.25) is 0 Å². The van der Waals surface area contributed by atoms with Crippen molar-refractivity contribution in [1.82, 2.24) is 5.32 Å². The molecule has 1 amide bonds. The van der Waals surface area contributed by atoms with Gasteiger partial charge in [0.25, 0.3) is 5.91 Å². The summed E-state index contributed by atoms with van der Waals surface area (Å²) in [6.07, 6.45) is 0. The van der Waals surface area contributed by atoms with Crippen molar-refractivity contribution in [3.8, 4) is 0 Å². The molecular weight excluding hydrogens is 323 g/mol. The number of rotatable bonds is 2. The normalized spacial score (nSPS) is 13.1. The van der Waals surface area contributed by atoms with Crippen molar-refractivity contribution in [2.45, 2.75) is 13.1 Å². The van der Waals surface area contributed by atoms with E-state index in [4.69, 9.17) is 0 Å². The van der Waals surface area contributed by atoms with Gasteiger partial charge in [0.05, 0.1) is 4.47 Å². The van der Waals surface area contributed by atoms with Gasteiger partial charge in [0.1, 0.15) is 5.82 Å². The summed E-state index contributed by atoms with van der Waals surface area (Å²) < 4.78 is 13.8. The molecule has 1 aliphatic heterocycles. The van der Waals surface area contributed by atoms with E-state index in [1.54, 1.807) is 18.2 Å². The average Bonchev–Trinajstić information content (AvgIpc) is 2.90. The number of hydrogen-bond donors (Lipinski definition) is 2. The third kappa shape index (κ3) is 2.59. The highest BCUT2D eigenvalue weighted by atomic mass is 79.9. The molecule has 102 valence electrons. The molecule has 0 aliphatic carbocycles. The zero-order valence-electron chi connectivity index (χ0n) is 10.5. The van der Waals surface area contributed by atoms with Crippen molar-refractivity contribution in [2.75, 3.05) is 5.32 Å². The van der Waals surface area contributed by atoms with E-state index >= 15 is 0 Å². The molecule has 2 N–H and O–H groups in total. The molecule has 1 heterocycles. The monoisotopic (exact) mass is 334 g/mol. The van der Waals surface area contributed by atoms with Gasteiger partial charge in [-0.25, -0.2) is 4.39 Å². The molecule has 0 atom stereocenters. The molecule has 2 aromatic rings. The molecule has 0 saturated carbocycles. The summed E-state index contributed by atoms with van der Waals surface area (Å²) in [6.45, 7) is 1.62. The second kappa shape index (κ2) is 5.34. The van der Waals surface area contributed by atoms with Crippen LogP contribution in [0.1, 0.15) is 21.5 Å². The molecule has 3 nitrogen and oxygen atoms in total. The molecule has 0 bridgehead atoms. The van der Waals surface area contributed by atoms with E-state index < -0.39 is 5.82 Å². The summed E-state index contributed by atoms with van der Waals surface area (Å²) in [5.74, 6) is -0.637. The number of carbonyl (C=O) groups is 1. The van der Waals surface area contributed by atoms with Crippen LogP contribution >= 0.6 is 15.9 Å². The summed E-state index contributed by atoms with van der Waals surface area (Å²) in [7, 11) is 0. The standard InChI is InChI=1S/C15H12BrFN2O/c16-13-4-3-12(6-14(13)17)19-15(20)9-1-2-10-7-18-8-11(10)5-9/h1-6,18H,7-8H2,(H,19,20). The van der Waals surface area contributed by atoms with Gasteiger partial charge in [-0.05, 0) is 57.4 Å². The Labute approximate surface area is 124 Å². The highest BCUT2D eigenvalue weighted by Crippen LogP contribution is 2.21. The maximum absolute atomic E-state index is 13.4. The molecular formula is C15H12BrFN2O. The Balaban J connectivity index is 1.80. The molecule has 5 heteroatoms. The Kier molecular flexibility index (Phi) is 3.54. The molecule has 0 fully saturated rings. The molecule has 0 unspecified atom stereocenters. The maximum atomic E-state index is 13.4. The topological polar surface area (TPSA) is 41.1 Å². The summed E-state index contributed by atoms with van der Waals surface area (Å²) in [6, 6.07) is 10.1. The van der Waals surface area contributed by atoms with E-state index in [1.807, 2.05) is 12.1 Å². The first-order valence-corrected chi connectivity index (χ1v) is 7.02. The number of amides is 1. The van der Waals surface area contributed by atoms with Gasteiger partial charge in [0.2, 0.25) is 0 Å². The van der Waals surface area contributed by atoms with E-state index in [9.17, 15) is 9.18 Å². The van der Waals surface area contributed by atoms with Crippen LogP contribution in [0.25, 0.3) is 0 Å². The first kappa shape index (κ1) is 13.3. The summed E-state index contributed by atoms with van der Waals surface area (Å²) in [5, 5.41) is 5.93. The average molecular weight is 335 g/mol. The lowest BCUT2D eigenvalue weighted by atomic mass is 10.1. The second-order valence-electron chi connectivity index (χ2n) is 4.67. The highest BCUT2D eigenvalue weighted by molar-refractivity contribution is 9.10. The third-order valence-corrected chi connectivity index (χ3v) is 3.92. The molecule has 3 rings (SSSR count). The van der Waals surface area contributed by atoms with Gasteiger partial charge in [0, 0.05) is 24.3 Å². The van der Waals surface area contributed by atoms with Crippen LogP contribution in [0.4, 0.5) is 10.1 Å². The maximum Gasteiger partial charge on any atom is 0.255 e. The third-order valence-electron chi connectivity index (χ3n) is 3.28. The van der Waals surface area contributed by atoms with Gasteiger partial charge >= 0.3 is 0 Å². The molecule has 0 saturated heterocycles. The molecule has 2 aromatic carbocycles. The molecule has 0 spiro atoms. The number of nitrogens with one attached hydrogen (secondary N) is 2. The fourth-order valence-corrected chi connectivity index (χ4v) is 2.46. The van der Waals surface area contributed by atoms with Gasteiger partial charge < -0.3 is 10.6 Å². The number of carbonyl (C=O) groups excluding carboxylic acids is 1. The number of benzene rings is 2. The van der Waals surface area contributed by atoms with Crippen molar-refractivity contribution in [3.05, 3.63) is 63.4 Å². The van der Waals surface area contributed by atoms with Crippen molar-refractivity contribution in [1.29, 1.82) is 0 Å². The van der Waals surface area contributed by atoms with Crippen LogP contribution in [0.15, 0.2) is 40.9 Å². The Hall–Kier alpha value is -1.72. The lowest BCUT2D eigenvalue weighted by Crippen LogP contribution is -2.12. The van der Waals surface area contributed by atoms with E-state index in [1.165, 1.54) is 11.6 Å². The number of anilines is 1. The van der Waals surface area contributed by atoms with Gasteiger partial charge in [-0.3, -0.25) is 4.79 Å². The van der Waals surface area contributed by atoms with Crippen molar-refractivity contribution in [3.63, 3.8) is 0 Å². The first-order chi connectivity index (χ1) is 9.63. The Bertz CT molecular complexity index is 688. The van der Waals surface area contributed by atoms with E-state index in [0.717, 1.165) is 18.7 Å². The quantitative estimate of drug-likeness (QED) is 0.883. The van der Waals surface area contributed by atoms with Gasteiger partial charge in [-0.2, -0.15) is 0 Å². The summed E-state index contributed by atoms with van der Waals surface area (Å²) >= 11 is 3.08. The lowest BCUT2D eigenvalue weighted by Gasteiger charge is -2.07. The molecule has 1 aliphatic rings. The Morgan fingerprint density at radius 3 is 2.75 bits per heavy atom. The van der Waals surface area contributed by atoms with Gasteiger partial charge in [-0.1, -0.05) is 6.07 Å². The van der Waals surface area contributed by atoms with Crippen LogP contribution in [0.3, 0.4) is 0 Å². The van der Waals surface area contributed by atoms with Crippen molar-refractivity contribution < 1.29 is 9.18 Å². The van der Waals surface area contributed by atoms with Crippen LogP contribution in [-0.2, 0) is 13.1 Å². The minimum absolute atomic E-state index is 0.235. The Morgan fingerprint density at radius 2 is 1.95 bits per heavy atom. The predicted molar refractivity (Wildman–Crippen MR) is 79.0 cm³/mol. The van der Waals surface area contributed by atoms with E-state index in [-0.39, 0.29) is 5.91 Å². The fourth-order valence-electron chi connectivity index (χ4n) is 2.21. The van der Waals surface area contributed by atoms with Crippen molar-refractivity contribution >= 4 is 27.5 Å². The molecule has 0 radical (unpaired) electrons. The van der Waals surface area contributed by atoms with Crippen LogP contribution in [0.5, 0.6) is 0 Å². The molecule has 0 aromatic heterocycles. The smallest absolute Gasteiger partial charge is 0.255 e. The number of hydrogen-bond acceptors (Lipinski definition) is 2. The zero-order chi connectivity index (χ0) is 14.1. The SMILES string of the molecule is O=C(Nc1ccc(Br)c(F)c1)c1ccc2c(c1)CNC2. The highest BCUT2D eigenvalue weighted by Gasteiger charge is 2.14. The minimum atomic E-state index is -0.402. The number of halogens is 2. The summed E-state index contributed by atoms with van der Waals surface area (Å²) in [4.78, 5) is 12.1. The van der Waals surface area contributed by atoms with Crippen LogP contribution < -0.4 is 10.6 Å². The van der Waals surface area contributed by atoms with E-state index in [2.05, 4.69) is 26.6 Å². The van der Waals surface area contributed by atoms with Crippen LogP contribution in [-0.4, -0.2) is 5.91 Å². The number of fused-ring (bicyclic) bond motifs is 1. The van der Waals surface area contributed by atoms with Crippen molar-refractivity contribution in [2.24, 2.45) is 0 Å². The second-order valence-corrected chi connectivity index (χ2v) is 5.52. The lowest BCUT2D eigenvalue weighted by molar-refractivity contribution is 0.102. The molecule has 20 heavy (non-hydrogen) atoms.